The Kier molecular flexibility index (Phi) is 6.80. The molecule has 1 aromatic carbocycles. The minimum absolute atomic E-state index is 0.0128. The van der Waals surface area contributed by atoms with Crippen LogP contribution >= 0.6 is 0 Å². The van der Waals surface area contributed by atoms with Gasteiger partial charge in [-0.15, -0.1) is 0 Å². The Hall–Kier alpha value is -2.57. The van der Waals surface area contributed by atoms with E-state index in [2.05, 4.69) is 0 Å². The first kappa shape index (κ1) is 18.8. The summed E-state index contributed by atoms with van der Waals surface area (Å²) in [7, 11) is 1.62. The summed E-state index contributed by atoms with van der Waals surface area (Å²) in [6.45, 7) is 1.22. The van der Waals surface area contributed by atoms with Gasteiger partial charge in [-0.25, -0.2) is 0 Å². The largest absolute Gasteiger partial charge is 0.484 e. The number of carbonyl (C=O) groups is 3. The molecule has 0 atom stereocenters. The highest BCUT2D eigenvalue weighted by Crippen LogP contribution is 2.20. The first-order valence-electron chi connectivity index (χ1n) is 8.39. The van der Waals surface area contributed by atoms with Gasteiger partial charge < -0.3 is 19.6 Å². The Bertz CT molecular complexity index is 597. The molecule has 0 aliphatic carbocycles. The fraction of sp³-hybridized carbons (Fsp3) is 0.500. The lowest BCUT2D eigenvalue weighted by atomic mass is 9.95. The lowest BCUT2D eigenvalue weighted by molar-refractivity contribution is -0.142. The highest BCUT2D eigenvalue weighted by Gasteiger charge is 2.29. The van der Waals surface area contributed by atoms with Crippen molar-refractivity contribution in [1.29, 1.82) is 0 Å². The van der Waals surface area contributed by atoms with E-state index in [1.165, 1.54) is 4.90 Å². The highest BCUT2D eigenvalue weighted by atomic mass is 16.5. The molecule has 25 heavy (non-hydrogen) atoms. The Balaban J connectivity index is 1.74. The van der Waals surface area contributed by atoms with Gasteiger partial charge in [-0.05, 0) is 25.0 Å². The minimum Gasteiger partial charge on any atom is -0.484 e. The number of hydrogen-bond donors (Lipinski definition) is 1. The van der Waals surface area contributed by atoms with Crippen molar-refractivity contribution in [1.82, 2.24) is 9.80 Å². The summed E-state index contributed by atoms with van der Waals surface area (Å²) in [5, 5.41) is 8.69. The summed E-state index contributed by atoms with van der Waals surface area (Å²) in [6.07, 6.45) is 1.12. The predicted octanol–water partition coefficient (Wildman–Crippen LogP) is 1.24. The Morgan fingerprint density at radius 3 is 2.44 bits per heavy atom. The number of carbonyl (C=O) groups excluding carboxylic acids is 2. The summed E-state index contributed by atoms with van der Waals surface area (Å²) in [5.41, 5.74) is 0. The van der Waals surface area contributed by atoms with Crippen molar-refractivity contribution in [2.24, 2.45) is 5.92 Å². The number of para-hydroxylation sites is 1. The molecule has 1 heterocycles. The average Bonchev–Trinajstić information content (AvgIpc) is 2.64. The highest BCUT2D eigenvalue weighted by molar-refractivity contribution is 5.81. The van der Waals surface area contributed by atoms with Crippen LogP contribution in [0.25, 0.3) is 0 Å². The van der Waals surface area contributed by atoms with Crippen molar-refractivity contribution in [3.8, 4) is 5.75 Å². The molecule has 7 nitrogen and oxygen atoms in total. The Morgan fingerprint density at radius 1 is 1.20 bits per heavy atom. The predicted molar refractivity (Wildman–Crippen MR) is 91.1 cm³/mol. The van der Waals surface area contributed by atoms with E-state index in [-0.39, 0.29) is 37.3 Å². The maximum atomic E-state index is 12.3. The number of hydrogen-bond acceptors (Lipinski definition) is 4. The summed E-state index contributed by atoms with van der Waals surface area (Å²) >= 11 is 0. The van der Waals surface area contributed by atoms with Crippen LogP contribution in [0.15, 0.2) is 30.3 Å². The van der Waals surface area contributed by atoms with Gasteiger partial charge in [-0.1, -0.05) is 18.2 Å². The fourth-order valence-corrected chi connectivity index (χ4v) is 2.81. The van der Waals surface area contributed by atoms with E-state index in [9.17, 15) is 14.4 Å². The van der Waals surface area contributed by atoms with E-state index in [0.29, 0.717) is 31.7 Å². The molecular formula is C18H24N2O5. The SMILES string of the molecule is CN(CCC(=O)O)C(=O)C1CCN(C(=O)COc2ccccc2)CC1. The van der Waals surface area contributed by atoms with E-state index in [1.54, 1.807) is 24.1 Å². The first-order chi connectivity index (χ1) is 12.0. The summed E-state index contributed by atoms with van der Waals surface area (Å²) in [4.78, 5) is 38.3. The quantitative estimate of drug-likeness (QED) is 0.801. The van der Waals surface area contributed by atoms with Gasteiger partial charge in [-0.3, -0.25) is 14.4 Å². The van der Waals surface area contributed by atoms with Crippen LogP contribution in [0, 0.1) is 5.92 Å². The molecule has 0 aromatic heterocycles. The summed E-state index contributed by atoms with van der Waals surface area (Å²) in [6, 6.07) is 9.16. The average molecular weight is 348 g/mol. The third-order valence-electron chi connectivity index (χ3n) is 4.34. The van der Waals surface area contributed by atoms with Crippen LogP contribution in [0.1, 0.15) is 19.3 Å². The molecule has 136 valence electrons. The third-order valence-corrected chi connectivity index (χ3v) is 4.34. The van der Waals surface area contributed by atoms with Crippen molar-refractivity contribution < 1.29 is 24.2 Å². The lowest BCUT2D eigenvalue weighted by Gasteiger charge is -2.33. The number of benzene rings is 1. The fourth-order valence-electron chi connectivity index (χ4n) is 2.81. The minimum atomic E-state index is -0.918. The zero-order valence-electron chi connectivity index (χ0n) is 14.4. The lowest BCUT2D eigenvalue weighted by Crippen LogP contribution is -2.45. The second kappa shape index (κ2) is 9.05. The molecule has 0 bridgehead atoms. The van der Waals surface area contributed by atoms with Crippen molar-refractivity contribution >= 4 is 17.8 Å². The second-order valence-corrected chi connectivity index (χ2v) is 6.16. The van der Waals surface area contributed by atoms with Gasteiger partial charge in [0, 0.05) is 32.6 Å². The maximum absolute atomic E-state index is 12.3. The first-order valence-corrected chi connectivity index (χ1v) is 8.39. The number of aliphatic carboxylic acids is 1. The number of carboxylic acid groups (broad SMARTS) is 1. The van der Waals surface area contributed by atoms with Gasteiger partial charge in [0.1, 0.15) is 5.75 Å². The second-order valence-electron chi connectivity index (χ2n) is 6.16. The normalized spacial score (nSPS) is 14.8. The van der Waals surface area contributed by atoms with Crippen LogP contribution in [0.5, 0.6) is 5.75 Å². The number of amides is 2. The maximum Gasteiger partial charge on any atom is 0.305 e. The molecule has 2 rings (SSSR count). The zero-order chi connectivity index (χ0) is 18.2. The topological polar surface area (TPSA) is 87.2 Å². The van der Waals surface area contributed by atoms with Crippen molar-refractivity contribution in [3.63, 3.8) is 0 Å². The molecular weight excluding hydrogens is 324 g/mol. The van der Waals surface area contributed by atoms with E-state index in [4.69, 9.17) is 9.84 Å². The molecule has 0 radical (unpaired) electrons. The van der Waals surface area contributed by atoms with Crippen molar-refractivity contribution in [2.45, 2.75) is 19.3 Å². The summed E-state index contributed by atoms with van der Waals surface area (Å²) < 4.78 is 5.47. The molecule has 1 saturated heterocycles. The molecule has 1 N–H and O–H groups in total. The van der Waals surface area contributed by atoms with Gasteiger partial charge in [0.05, 0.1) is 6.42 Å². The van der Waals surface area contributed by atoms with Gasteiger partial charge in [-0.2, -0.15) is 0 Å². The molecule has 1 aliphatic heterocycles. The molecule has 0 unspecified atom stereocenters. The molecule has 1 aliphatic rings. The molecule has 0 spiro atoms. The molecule has 1 fully saturated rings. The van der Waals surface area contributed by atoms with Crippen LogP contribution in [0.2, 0.25) is 0 Å². The van der Waals surface area contributed by atoms with E-state index < -0.39 is 5.97 Å². The zero-order valence-corrected chi connectivity index (χ0v) is 14.4. The van der Waals surface area contributed by atoms with Crippen molar-refractivity contribution in [2.75, 3.05) is 33.3 Å². The van der Waals surface area contributed by atoms with E-state index in [0.717, 1.165) is 0 Å². The Labute approximate surface area is 147 Å². The smallest absolute Gasteiger partial charge is 0.305 e. The van der Waals surface area contributed by atoms with Crippen LogP contribution in [-0.4, -0.2) is 66.0 Å². The monoisotopic (exact) mass is 348 g/mol. The van der Waals surface area contributed by atoms with Gasteiger partial charge in [0.2, 0.25) is 5.91 Å². The summed E-state index contributed by atoms with van der Waals surface area (Å²) in [5.74, 6) is -0.555. The van der Waals surface area contributed by atoms with Crippen molar-refractivity contribution in [3.05, 3.63) is 30.3 Å². The van der Waals surface area contributed by atoms with Gasteiger partial charge >= 0.3 is 5.97 Å². The van der Waals surface area contributed by atoms with Gasteiger partial charge in [0.25, 0.3) is 5.91 Å². The van der Waals surface area contributed by atoms with Gasteiger partial charge in [0.15, 0.2) is 6.61 Å². The number of piperidine rings is 1. The van der Waals surface area contributed by atoms with Crippen LogP contribution in [0.4, 0.5) is 0 Å². The van der Waals surface area contributed by atoms with E-state index >= 15 is 0 Å². The third kappa shape index (κ3) is 5.77. The standard InChI is InChI=1S/C18H24N2O5/c1-19(10-9-17(22)23)18(24)14-7-11-20(12-8-14)16(21)13-25-15-5-3-2-4-6-15/h2-6,14H,7-13H2,1H3,(H,22,23). The number of nitrogens with zero attached hydrogens (tertiary/aromatic N) is 2. The molecule has 7 heteroatoms. The molecule has 0 saturated carbocycles. The van der Waals surface area contributed by atoms with Crippen LogP contribution in [0.3, 0.4) is 0 Å². The van der Waals surface area contributed by atoms with Crippen LogP contribution < -0.4 is 4.74 Å². The number of carboxylic acids is 1. The van der Waals surface area contributed by atoms with Crippen LogP contribution in [-0.2, 0) is 14.4 Å². The number of likely N-dealkylation sites (tertiary alicyclic amines) is 1. The van der Waals surface area contributed by atoms with E-state index in [1.807, 2.05) is 18.2 Å². The number of ether oxygens (including phenoxy) is 1. The molecule has 1 aromatic rings. The Morgan fingerprint density at radius 2 is 1.84 bits per heavy atom. The molecule has 2 amide bonds. The number of rotatable bonds is 7.